The SMILES string of the molecule is CCCCCCC=CCC(=O)NC(CO)C(=O)NC(C(=O)NC(CO)C(O)CC(=O)NC(C(=O)NC1C=CC(=O)NC(C(C)C)C(=O)N(C)C(Cc2ccccc2)C(=O)OC1)C(C)C)C(C)C. The molecule has 19 nitrogen and oxygen atoms in total. The van der Waals surface area contributed by atoms with Crippen molar-refractivity contribution < 1.29 is 58.4 Å². The van der Waals surface area contributed by atoms with Gasteiger partial charge in [-0.1, -0.05) is 116 Å². The van der Waals surface area contributed by atoms with Crippen molar-refractivity contribution in [3.05, 3.63) is 60.2 Å². The van der Waals surface area contributed by atoms with E-state index in [0.717, 1.165) is 43.7 Å². The minimum Gasteiger partial charge on any atom is -0.462 e. The van der Waals surface area contributed by atoms with E-state index in [2.05, 4.69) is 38.8 Å². The van der Waals surface area contributed by atoms with E-state index in [1.807, 2.05) is 12.1 Å². The average molecular weight is 942 g/mol. The quantitative estimate of drug-likeness (QED) is 0.0372. The summed E-state index contributed by atoms with van der Waals surface area (Å²) in [6.45, 7) is 10.2. The third-order valence-electron chi connectivity index (χ3n) is 11.2. The van der Waals surface area contributed by atoms with Crippen molar-refractivity contribution >= 4 is 47.3 Å². The topological polar surface area (TPSA) is 282 Å². The number of benzene rings is 1. The van der Waals surface area contributed by atoms with E-state index in [0.29, 0.717) is 0 Å². The normalized spacial score (nSPS) is 19.3. The fraction of sp³-hybridized carbons (Fsp3) is 0.625. The number of unbranched alkanes of at least 4 members (excludes halogenated alkanes) is 4. The first-order chi connectivity index (χ1) is 31.7. The summed E-state index contributed by atoms with van der Waals surface area (Å²) in [5.74, 6) is -7.00. The first-order valence-corrected chi connectivity index (χ1v) is 23.2. The van der Waals surface area contributed by atoms with Gasteiger partial charge in [0.15, 0.2) is 0 Å². The molecule has 8 atom stereocenters. The third kappa shape index (κ3) is 20.0. The summed E-state index contributed by atoms with van der Waals surface area (Å²) >= 11 is 0. The number of esters is 1. The summed E-state index contributed by atoms with van der Waals surface area (Å²) in [4.78, 5) is 108. The minimum absolute atomic E-state index is 0.00871. The van der Waals surface area contributed by atoms with Gasteiger partial charge in [0.05, 0.1) is 37.8 Å². The van der Waals surface area contributed by atoms with Crippen LogP contribution in [-0.2, 0) is 49.5 Å². The molecule has 0 bridgehead atoms. The van der Waals surface area contributed by atoms with Gasteiger partial charge in [-0.05, 0) is 36.2 Å². The number of carbonyl (C=O) groups is 8. The zero-order valence-corrected chi connectivity index (χ0v) is 40.3. The fourth-order valence-electron chi connectivity index (χ4n) is 7.06. The highest BCUT2D eigenvalue weighted by Gasteiger charge is 2.36. The number of nitrogens with zero attached hydrogens (tertiary/aromatic N) is 1. The second-order valence-electron chi connectivity index (χ2n) is 17.9. The van der Waals surface area contributed by atoms with Crippen LogP contribution in [-0.4, -0.2) is 143 Å². The number of nitrogens with one attached hydrogen (secondary N) is 6. The Kier molecular flexibility index (Phi) is 25.6. The van der Waals surface area contributed by atoms with E-state index < -0.39 is 134 Å². The average Bonchev–Trinajstić information content (AvgIpc) is 3.28. The standard InChI is InChI=1S/C48H75N7O12/c1-9-10-11-12-13-14-18-21-38(59)50-35(27-57)44(62)54-42(30(4)5)46(64)51-34(26-56)37(58)25-40(61)53-41(29(2)3)45(63)49-33-22-23-39(60)52-43(31(6)7)47(65)55(8)36(48(66)67-28-33)24-32-19-16-15-17-20-32/h14-20,22-23,29-31,33-37,41-43,56-58H,9-13,21,24-28H2,1-8H3,(H,49,63)(H,50,59)(H,51,64)(H,52,60)(H,53,61)(H,54,62). The Balaban J connectivity index is 2.13. The van der Waals surface area contributed by atoms with Crippen molar-refractivity contribution in [2.24, 2.45) is 17.8 Å². The Bertz CT molecular complexity index is 1840. The fourth-order valence-corrected chi connectivity index (χ4v) is 7.06. The molecule has 19 heteroatoms. The molecule has 0 saturated carbocycles. The lowest BCUT2D eigenvalue weighted by Gasteiger charge is -2.32. The van der Waals surface area contributed by atoms with Crippen LogP contribution in [0, 0.1) is 17.8 Å². The molecule has 67 heavy (non-hydrogen) atoms. The number of likely N-dealkylation sites (N-methyl/N-ethyl adjacent to an activating group) is 1. The molecule has 0 aliphatic carbocycles. The molecule has 2 rings (SSSR count). The number of ether oxygens (including phenoxy) is 1. The van der Waals surface area contributed by atoms with Gasteiger partial charge in [0, 0.05) is 26.0 Å². The van der Waals surface area contributed by atoms with Crippen LogP contribution in [0.3, 0.4) is 0 Å². The molecule has 8 unspecified atom stereocenters. The minimum atomic E-state index is -1.67. The molecular weight excluding hydrogens is 867 g/mol. The third-order valence-corrected chi connectivity index (χ3v) is 11.2. The molecule has 0 spiro atoms. The predicted molar refractivity (Wildman–Crippen MR) is 250 cm³/mol. The van der Waals surface area contributed by atoms with Crippen LogP contribution in [0.25, 0.3) is 0 Å². The van der Waals surface area contributed by atoms with Gasteiger partial charge in [0.2, 0.25) is 41.4 Å². The molecule has 1 heterocycles. The van der Waals surface area contributed by atoms with Crippen molar-refractivity contribution in [1.29, 1.82) is 0 Å². The monoisotopic (exact) mass is 942 g/mol. The van der Waals surface area contributed by atoms with Gasteiger partial charge in [-0.2, -0.15) is 0 Å². The maximum atomic E-state index is 13.8. The summed E-state index contributed by atoms with van der Waals surface area (Å²) in [6.07, 6.45) is 8.89. The molecule has 9 N–H and O–H groups in total. The first kappa shape index (κ1) is 57.5. The highest BCUT2D eigenvalue weighted by Crippen LogP contribution is 2.16. The summed E-state index contributed by atoms with van der Waals surface area (Å²) in [6, 6.07) is 0.652. The number of rotatable bonds is 25. The van der Waals surface area contributed by atoms with Gasteiger partial charge >= 0.3 is 5.97 Å². The molecule has 374 valence electrons. The Morgan fingerprint density at radius 3 is 2.07 bits per heavy atom. The number of carbonyl (C=O) groups excluding carboxylic acids is 8. The highest BCUT2D eigenvalue weighted by molar-refractivity contribution is 5.95. The maximum absolute atomic E-state index is 13.8. The van der Waals surface area contributed by atoms with Crippen LogP contribution >= 0.6 is 0 Å². The zero-order chi connectivity index (χ0) is 50.2. The smallest absolute Gasteiger partial charge is 0.329 e. The molecule has 1 aliphatic rings. The Labute approximate surface area is 394 Å². The van der Waals surface area contributed by atoms with E-state index in [1.165, 1.54) is 18.0 Å². The molecule has 1 aromatic carbocycles. The lowest BCUT2D eigenvalue weighted by Crippen LogP contribution is -2.59. The van der Waals surface area contributed by atoms with Crippen molar-refractivity contribution in [3.63, 3.8) is 0 Å². The number of aliphatic hydroxyl groups is 3. The summed E-state index contributed by atoms with van der Waals surface area (Å²) in [7, 11) is 1.46. The highest BCUT2D eigenvalue weighted by atomic mass is 16.5. The lowest BCUT2D eigenvalue weighted by atomic mass is 9.99. The largest absolute Gasteiger partial charge is 0.462 e. The van der Waals surface area contributed by atoms with Crippen LogP contribution in [0.1, 0.15) is 99.0 Å². The van der Waals surface area contributed by atoms with Gasteiger partial charge in [-0.25, -0.2) is 4.79 Å². The number of amides is 7. The van der Waals surface area contributed by atoms with E-state index in [4.69, 9.17) is 4.74 Å². The van der Waals surface area contributed by atoms with Crippen molar-refractivity contribution in [2.75, 3.05) is 26.9 Å². The second-order valence-corrected chi connectivity index (χ2v) is 17.9. The maximum Gasteiger partial charge on any atom is 0.329 e. The van der Waals surface area contributed by atoms with Crippen LogP contribution in [0.4, 0.5) is 0 Å². The van der Waals surface area contributed by atoms with E-state index >= 15 is 0 Å². The number of hydrogen-bond acceptors (Lipinski definition) is 12. The van der Waals surface area contributed by atoms with Crippen LogP contribution in [0.15, 0.2) is 54.6 Å². The molecular formula is C48H75N7O12. The summed E-state index contributed by atoms with van der Waals surface area (Å²) < 4.78 is 5.66. The molecule has 1 aromatic rings. The van der Waals surface area contributed by atoms with Crippen LogP contribution in [0.5, 0.6) is 0 Å². The van der Waals surface area contributed by atoms with Gasteiger partial charge in [-0.15, -0.1) is 0 Å². The van der Waals surface area contributed by atoms with Crippen LogP contribution in [0.2, 0.25) is 0 Å². The molecule has 0 radical (unpaired) electrons. The van der Waals surface area contributed by atoms with E-state index in [-0.39, 0.29) is 18.8 Å². The van der Waals surface area contributed by atoms with Gasteiger partial charge < -0.3 is 56.9 Å². The van der Waals surface area contributed by atoms with Crippen molar-refractivity contribution in [3.8, 4) is 0 Å². The molecule has 1 aliphatic heterocycles. The second kappa shape index (κ2) is 29.9. The van der Waals surface area contributed by atoms with Gasteiger partial charge in [0.25, 0.3) is 0 Å². The summed E-state index contributed by atoms with van der Waals surface area (Å²) in [5, 5.41) is 46.4. The zero-order valence-electron chi connectivity index (χ0n) is 40.3. The predicted octanol–water partition coefficient (Wildman–Crippen LogP) is 0.698. The number of aliphatic hydroxyl groups excluding tert-OH is 3. The van der Waals surface area contributed by atoms with Crippen LogP contribution < -0.4 is 31.9 Å². The molecule has 0 saturated heterocycles. The molecule has 0 aromatic heterocycles. The van der Waals surface area contributed by atoms with Crippen molar-refractivity contribution in [2.45, 2.75) is 148 Å². The molecule has 7 amide bonds. The Morgan fingerprint density at radius 1 is 0.821 bits per heavy atom. The summed E-state index contributed by atoms with van der Waals surface area (Å²) in [5.41, 5.74) is 0.755. The Morgan fingerprint density at radius 2 is 1.48 bits per heavy atom. The van der Waals surface area contributed by atoms with Crippen molar-refractivity contribution in [1.82, 2.24) is 36.8 Å². The molecule has 0 fully saturated rings. The lowest BCUT2D eigenvalue weighted by molar-refractivity contribution is -0.156. The van der Waals surface area contributed by atoms with Gasteiger partial charge in [-0.3, -0.25) is 33.6 Å². The number of allylic oxidation sites excluding steroid dienone is 1. The van der Waals surface area contributed by atoms with E-state index in [9.17, 15) is 53.7 Å². The number of cyclic esters (lactones) is 1. The Hall–Kier alpha value is -5.66. The number of hydrogen-bond donors (Lipinski definition) is 9. The first-order valence-electron chi connectivity index (χ1n) is 23.2. The van der Waals surface area contributed by atoms with Gasteiger partial charge in [0.1, 0.15) is 36.8 Å². The van der Waals surface area contributed by atoms with E-state index in [1.54, 1.807) is 71.9 Å².